The minimum atomic E-state index is -1.03. The molecule has 4 heteroatoms. The molecule has 0 amide bonds. The van der Waals surface area contributed by atoms with Crippen LogP contribution in [0.2, 0.25) is 0 Å². The summed E-state index contributed by atoms with van der Waals surface area (Å²) in [6, 6.07) is 12.1. The van der Waals surface area contributed by atoms with Gasteiger partial charge < -0.3 is 16.6 Å². The molecule has 86 valence electrons. The van der Waals surface area contributed by atoms with Crippen LogP contribution in [-0.4, -0.2) is 11.1 Å². The Balaban J connectivity index is 2.56. The Labute approximate surface area is 98.5 Å². The van der Waals surface area contributed by atoms with Crippen LogP contribution < -0.4 is 11.5 Å². The lowest BCUT2D eigenvalue weighted by Gasteiger charge is -2.08. The lowest BCUT2D eigenvalue weighted by molar-refractivity contribution is 0.0698. The lowest BCUT2D eigenvalue weighted by Crippen LogP contribution is -2.03. The molecule has 2 aromatic carbocycles. The van der Waals surface area contributed by atoms with E-state index in [1.165, 1.54) is 6.07 Å². The number of nitrogens with two attached hydrogens (primary N) is 2. The summed E-state index contributed by atoms with van der Waals surface area (Å²) in [5, 5.41) is 8.98. The second-order valence-electron chi connectivity index (χ2n) is 3.69. The summed E-state index contributed by atoms with van der Waals surface area (Å²) in [4.78, 5) is 11.0. The van der Waals surface area contributed by atoms with Crippen LogP contribution in [0.1, 0.15) is 10.4 Å². The minimum absolute atomic E-state index is 0.110. The summed E-state index contributed by atoms with van der Waals surface area (Å²) in [6.07, 6.45) is 0. The molecule has 0 saturated carbocycles. The van der Waals surface area contributed by atoms with Crippen LogP contribution in [0.25, 0.3) is 11.1 Å². The molecule has 4 nitrogen and oxygen atoms in total. The number of carbonyl (C=O) groups is 1. The number of para-hydroxylation sites is 1. The highest BCUT2D eigenvalue weighted by Crippen LogP contribution is 2.29. The molecular formula is C13H12N2O2. The number of hydrogen-bond acceptors (Lipinski definition) is 3. The minimum Gasteiger partial charge on any atom is -0.478 e. The van der Waals surface area contributed by atoms with Crippen molar-refractivity contribution in [3.63, 3.8) is 0 Å². The molecular weight excluding hydrogens is 216 g/mol. The Hall–Kier alpha value is -2.49. The Morgan fingerprint density at radius 3 is 2.24 bits per heavy atom. The van der Waals surface area contributed by atoms with E-state index < -0.39 is 5.97 Å². The summed E-state index contributed by atoms with van der Waals surface area (Å²) in [6.45, 7) is 0. The van der Waals surface area contributed by atoms with Crippen molar-refractivity contribution in [2.75, 3.05) is 11.5 Å². The number of benzene rings is 2. The van der Waals surface area contributed by atoms with Gasteiger partial charge in [0.1, 0.15) is 0 Å². The topological polar surface area (TPSA) is 89.3 Å². The van der Waals surface area contributed by atoms with Crippen LogP contribution >= 0.6 is 0 Å². The zero-order chi connectivity index (χ0) is 12.4. The molecule has 0 unspecified atom stereocenters. The molecule has 0 aliphatic heterocycles. The summed E-state index contributed by atoms with van der Waals surface area (Å²) in [5.74, 6) is -1.03. The third-order valence-electron chi connectivity index (χ3n) is 2.56. The predicted octanol–water partition coefficient (Wildman–Crippen LogP) is 2.22. The molecule has 0 spiro atoms. The third-order valence-corrected chi connectivity index (χ3v) is 2.56. The largest absolute Gasteiger partial charge is 0.478 e. The van der Waals surface area contributed by atoms with Gasteiger partial charge in [0.25, 0.3) is 0 Å². The quantitative estimate of drug-likeness (QED) is 0.687. The van der Waals surface area contributed by atoms with E-state index in [-0.39, 0.29) is 11.3 Å². The molecule has 0 heterocycles. The van der Waals surface area contributed by atoms with Gasteiger partial charge >= 0.3 is 5.97 Å². The van der Waals surface area contributed by atoms with Gasteiger partial charge in [0, 0.05) is 11.3 Å². The molecule has 0 aromatic heterocycles. The fraction of sp³-hybridized carbons (Fsp3) is 0. The SMILES string of the molecule is Nc1ccc(-c2cccc(C(=O)O)c2N)cc1. The number of hydrogen-bond donors (Lipinski definition) is 3. The highest BCUT2D eigenvalue weighted by molar-refractivity contribution is 5.98. The molecule has 0 atom stereocenters. The van der Waals surface area contributed by atoms with Crippen LogP contribution in [0.5, 0.6) is 0 Å². The first kappa shape index (κ1) is 11.0. The standard InChI is InChI=1S/C13H12N2O2/c14-9-6-4-8(5-7-9)10-2-1-3-11(12(10)15)13(16)17/h1-7H,14-15H2,(H,16,17). The Morgan fingerprint density at radius 2 is 1.65 bits per heavy atom. The molecule has 0 fully saturated rings. The van der Waals surface area contributed by atoms with Crippen molar-refractivity contribution in [2.24, 2.45) is 0 Å². The number of aromatic carboxylic acids is 1. The first-order chi connectivity index (χ1) is 8.09. The maximum absolute atomic E-state index is 11.0. The average Bonchev–Trinajstić information content (AvgIpc) is 2.30. The summed E-state index contributed by atoms with van der Waals surface area (Å²) < 4.78 is 0. The van der Waals surface area contributed by atoms with Crippen molar-refractivity contribution in [3.8, 4) is 11.1 Å². The van der Waals surface area contributed by atoms with Gasteiger partial charge in [0.2, 0.25) is 0 Å². The number of carboxylic acids is 1. The second-order valence-corrected chi connectivity index (χ2v) is 3.69. The lowest BCUT2D eigenvalue weighted by atomic mass is 10.00. The van der Waals surface area contributed by atoms with Crippen LogP contribution in [0.3, 0.4) is 0 Å². The molecule has 17 heavy (non-hydrogen) atoms. The number of anilines is 2. The van der Waals surface area contributed by atoms with Crippen LogP contribution in [0, 0.1) is 0 Å². The maximum Gasteiger partial charge on any atom is 0.337 e. The monoisotopic (exact) mass is 228 g/mol. The highest BCUT2D eigenvalue weighted by Gasteiger charge is 2.11. The Morgan fingerprint density at radius 1 is 1.00 bits per heavy atom. The molecule has 0 bridgehead atoms. The fourth-order valence-corrected chi connectivity index (χ4v) is 1.67. The van der Waals surface area contributed by atoms with Crippen molar-refractivity contribution < 1.29 is 9.90 Å². The van der Waals surface area contributed by atoms with E-state index in [2.05, 4.69) is 0 Å². The summed E-state index contributed by atoms with van der Waals surface area (Å²) >= 11 is 0. The number of nitrogen functional groups attached to an aromatic ring is 2. The number of rotatable bonds is 2. The van der Waals surface area contributed by atoms with Gasteiger partial charge in [-0.15, -0.1) is 0 Å². The molecule has 0 aliphatic carbocycles. The third kappa shape index (κ3) is 2.06. The van der Waals surface area contributed by atoms with Crippen LogP contribution in [0.4, 0.5) is 11.4 Å². The predicted molar refractivity (Wildman–Crippen MR) is 67.7 cm³/mol. The van der Waals surface area contributed by atoms with Gasteiger partial charge in [-0.2, -0.15) is 0 Å². The fourth-order valence-electron chi connectivity index (χ4n) is 1.67. The average molecular weight is 228 g/mol. The van der Waals surface area contributed by atoms with Crippen LogP contribution in [-0.2, 0) is 0 Å². The zero-order valence-electron chi connectivity index (χ0n) is 9.05. The van der Waals surface area contributed by atoms with Gasteiger partial charge in [-0.05, 0) is 23.8 Å². The maximum atomic E-state index is 11.0. The normalized spacial score (nSPS) is 10.1. The van der Waals surface area contributed by atoms with Crippen molar-refractivity contribution in [3.05, 3.63) is 48.0 Å². The first-order valence-electron chi connectivity index (χ1n) is 5.07. The van der Waals surface area contributed by atoms with E-state index in [1.54, 1.807) is 24.3 Å². The summed E-state index contributed by atoms with van der Waals surface area (Å²) in [5.41, 5.74) is 14.0. The Bertz CT molecular complexity index is 562. The van der Waals surface area contributed by atoms with E-state index in [4.69, 9.17) is 16.6 Å². The molecule has 2 aromatic rings. The molecule has 0 radical (unpaired) electrons. The molecule has 2 rings (SSSR count). The summed E-state index contributed by atoms with van der Waals surface area (Å²) in [7, 11) is 0. The van der Waals surface area contributed by atoms with Crippen molar-refractivity contribution in [2.45, 2.75) is 0 Å². The highest BCUT2D eigenvalue weighted by atomic mass is 16.4. The van der Waals surface area contributed by atoms with E-state index in [0.29, 0.717) is 11.3 Å². The molecule has 0 saturated heterocycles. The van der Waals surface area contributed by atoms with Crippen molar-refractivity contribution in [1.29, 1.82) is 0 Å². The molecule has 0 aliphatic rings. The van der Waals surface area contributed by atoms with Gasteiger partial charge in [-0.25, -0.2) is 4.79 Å². The van der Waals surface area contributed by atoms with E-state index in [9.17, 15) is 4.79 Å². The van der Waals surface area contributed by atoms with Crippen molar-refractivity contribution >= 4 is 17.3 Å². The van der Waals surface area contributed by atoms with Gasteiger partial charge in [0.15, 0.2) is 0 Å². The Kier molecular flexibility index (Phi) is 2.70. The van der Waals surface area contributed by atoms with Gasteiger partial charge in [0.05, 0.1) is 11.3 Å². The van der Waals surface area contributed by atoms with E-state index in [1.807, 2.05) is 12.1 Å². The number of carboxylic acid groups (broad SMARTS) is 1. The molecule has 5 N–H and O–H groups in total. The first-order valence-corrected chi connectivity index (χ1v) is 5.07. The van der Waals surface area contributed by atoms with E-state index in [0.717, 1.165) is 5.56 Å². The van der Waals surface area contributed by atoms with Crippen LogP contribution in [0.15, 0.2) is 42.5 Å². The second kappa shape index (κ2) is 4.17. The zero-order valence-corrected chi connectivity index (χ0v) is 9.05. The van der Waals surface area contributed by atoms with Gasteiger partial charge in [-0.1, -0.05) is 24.3 Å². The smallest absolute Gasteiger partial charge is 0.337 e. The van der Waals surface area contributed by atoms with E-state index >= 15 is 0 Å². The van der Waals surface area contributed by atoms with Crippen molar-refractivity contribution in [1.82, 2.24) is 0 Å². The van der Waals surface area contributed by atoms with Gasteiger partial charge in [-0.3, -0.25) is 0 Å².